The van der Waals surface area contributed by atoms with Crippen molar-refractivity contribution in [1.29, 1.82) is 10.5 Å². The molecule has 16 nitrogen and oxygen atoms in total. The van der Waals surface area contributed by atoms with E-state index in [1.54, 1.807) is 4.90 Å². The van der Waals surface area contributed by atoms with Crippen LogP contribution in [0.15, 0.2) is 18.3 Å². The van der Waals surface area contributed by atoms with Crippen LogP contribution in [0.1, 0.15) is 30.5 Å². The number of ether oxygens (including phenoxy) is 1. The predicted octanol–water partition coefficient (Wildman–Crippen LogP) is 2.25. The van der Waals surface area contributed by atoms with Crippen LogP contribution in [-0.4, -0.2) is 73.8 Å². The smallest absolute Gasteiger partial charge is 0.453 e. The Labute approximate surface area is 238 Å². The van der Waals surface area contributed by atoms with Gasteiger partial charge in [0, 0.05) is 19.1 Å². The van der Waals surface area contributed by atoms with E-state index in [9.17, 15) is 29.7 Å². The number of alkyl carbamates (subject to hydrolysis) is 1. The second-order valence-corrected chi connectivity index (χ2v) is 11.0. The number of anilines is 4. The Hall–Kier alpha value is -4.18. The fourth-order valence-corrected chi connectivity index (χ4v) is 5.28. The minimum Gasteiger partial charge on any atom is -0.453 e. The molecule has 1 aliphatic heterocycles. The molecule has 0 bridgehead atoms. The Morgan fingerprint density at radius 2 is 2.02 bits per heavy atom. The van der Waals surface area contributed by atoms with Crippen molar-refractivity contribution in [2.24, 2.45) is 0 Å². The fourth-order valence-electron chi connectivity index (χ4n) is 4.44. The summed E-state index contributed by atoms with van der Waals surface area (Å²) in [5.41, 5.74) is 1.46. The van der Waals surface area contributed by atoms with Gasteiger partial charge in [-0.25, -0.2) is 14.3 Å². The summed E-state index contributed by atoms with van der Waals surface area (Å²) in [5, 5.41) is 32.6. The number of phosphoric acid groups is 1. The number of carbonyl (C=O) groups excluding carboxylic acids is 1. The Morgan fingerprint density at radius 1 is 1.24 bits per heavy atom. The van der Waals surface area contributed by atoms with Crippen molar-refractivity contribution < 1.29 is 28.4 Å². The monoisotopic (exact) mass is 602 g/mol. The molecule has 1 amide bonds. The van der Waals surface area contributed by atoms with E-state index in [0.717, 1.165) is 12.8 Å². The van der Waals surface area contributed by atoms with E-state index in [0.29, 0.717) is 23.7 Å². The van der Waals surface area contributed by atoms with Gasteiger partial charge in [0.25, 0.3) is 0 Å². The highest BCUT2D eigenvalue weighted by molar-refractivity contribution is 7.46. The van der Waals surface area contributed by atoms with Crippen LogP contribution in [0.2, 0.25) is 5.02 Å². The van der Waals surface area contributed by atoms with E-state index in [-0.39, 0.29) is 46.9 Å². The zero-order valence-electron chi connectivity index (χ0n) is 21.5. The average molecular weight is 603 g/mol. The maximum atomic E-state index is 11.8. The van der Waals surface area contributed by atoms with E-state index in [1.165, 1.54) is 30.0 Å². The van der Waals surface area contributed by atoms with E-state index in [1.807, 2.05) is 6.07 Å². The van der Waals surface area contributed by atoms with E-state index < -0.39 is 26.1 Å². The first-order valence-electron chi connectivity index (χ1n) is 12.3. The molecule has 18 heteroatoms. The van der Waals surface area contributed by atoms with Crippen molar-refractivity contribution in [2.45, 2.75) is 37.5 Å². The summed E-state index contributed by atoms with van der Waals surface area (Å²) in [6.07, 6.45) is 1.66. The standard InChI is InChI=1S/C23H24ClN10O6P/c1-39-23(35)30-15-4-5-33(11-18(15)40-41(36,37)38)17-7-12(8-25)6-16(19(17)24)29-22-31-20(28-13-2-3-13)21-27-10-14(9-26)34(21)32-22/h6-7,10,13,15,18H,2-5,11H2,1H3,(H,30,35)(H2,36,37,38)(H2,28,29,31,32)/t15-,18-/m1/s1. The first-order valence-corrected chi connectivity index (χ1v) is 14.3. The zero-order valence-corrected chi connectivity index (χ0v) is 23.1. The largest absolute Gasteiger partial charge is 0.469 e. The van der Waals surface area contributed by atoms with Crippen molar-refractivity contribution in [3.63, 3.8) is 0 Å². The maximum Gasteiger partial charge on any atom is 0.469 e. The number of nitrogens with one attached hydrogen (secondary N) is 3. The molecular formula is C23H24ClN10O6P. The van der Waals surface area contributed by atoms with Crippen LogP contribution in [0, 0.1) is 22.7 Å². The number of rotatable bonds is 8. The van der Waals surface area contributed by atoms with Gasteiger partial charge in [-0.1, -0.05) is 11.6 Å². The van der Waals surface area contributed by atoms with Gasteiger partial charge in [0.15, 0.2) is 17.2 Å². The number of amides is 1. The lowest BCUT2D eigenvalue weighted by atomic mass is 10.0. The Bertz CT molecular complexity index is 1630. The predicted molar refractivity (Wildman–Crippen MR) is 145 cm³/mol. The van der Waals surface area contributed by atoms with Crippen LogP contribution in [0.4, 0.5) is 27.9 Å². The Morgan fingerprint density at radius 3 is 2.68 bits per heavy atom. The molecule has 1 aliphatic carbocycles. The number of piperidine rings is 1. The number of aromatic nitrogens is 4. The molecule has 5 N–H and O–H groups in total. The highest BCUT2D eigenvalue weighted by Gasteiger charge is 2.37. The second-order valence-electron chi connectivity index (χ2n) is 9.40. The topological polar surface area (TPSA) is 223 Å². The molecule has 3 heterocycles. The van der Waals surface area contributed by atoms with Gasteiger partial charge >= 0.3 is 13.9 Å². The molecule has 2 aromatic heterocycles. The molecule has 0 unspecified atom stereocenters. The minimum atomic E-state index is -4.93. The number of halogens is 1. The Balaban J connectivity index is 1.47. The quantitative estimate of drug-likeness (QED) is 0.233. The number of fused-ring (bicyclic) bond motifs is 1. The molecule has 214 valence electrons. The number of benzene rings is 1. The highest BCUT2D eigenvalue weighted by atomic mass is 35.5. The summed E-state index contributed by atoms with van der Waals surface area (Å²) in [7, 11) is -3.75. The number of carbonyl (C=O) groups is 1. The van der Waals surface area contributed by atoms with Gasteiger partial charge in [-0.15, -0.1) is 5.10 Å². The van der Waals surface area contributed by atoms with Gasteiger partial charge in [0.2, 0.25) is 5.95 Å². The molecule has 2 atom stereocenters. The summed E-state index contributed by atoms with van der Waals surface area (Å²) in [5.74, 6) is 0.513. The fraction of sp³-hybridized carbons (Fsp3) is 0.391. The lowest BCUT2D eigenvalue weighted by Gasteiger charge is -2.39. The van der Waals surface area contributed by atoms with Gasteiger partial charge in [-0.3, -0.25) is 4.52 Å². The summed E-state index contributed by atoms with van der Waals surface area (Å²) in [6.45, 7) is 0.217. The van der Waals surface area contributed by atoms with Crippen LogP contribution < -0.4 is 20.9 Å². The number of imidazole rings is 1. The van der Waals surface area contributed by atoms with Crippen LogP contribution >= 0.6 is 19.4 Å². The molecule has 1 saturated carbocycles. The number of phosphoric ester groups is 1. The van der Waals surface area contributed by atoms with Crippen molar-refractivity contribution in [3.8, 4) is 12.1 Å². The molecule has 1 saturated heterocycles. The van der Waals surface area contributed by atoms with E-state index in [4.69, 9.17) is 16.1 Å². The lowest BCUT2D eigenvalue weighted by molar-refractivity contribution is 0.0874. The molecule has 41 heavy (non-hydrogen) atoms. The third-order valence-corrected chi connectivity index (χ3v) is 7.43. The van der Waals surface area contributed by atoms with Crippen LogP contribution in [0.3, 0.4) is 0 Å². The van der Waals surface area contributed by atoms with Crippen LogP contribution in [0.25, 0.3) is 5.65 Å². The first-order chi connectivity index (χ1) is 19.6. The maximum absolute atomic E-state index is 11.8. The lowest BCUT2D eigenvalue weighted by Crippen LogP contribution is -2.55. The average Bonchev–Trinajstić information content (AvgIpc) is 3.65. The summed E-state index contributed by atoms with van der Waals surface area (Å²) in [4.78, 5) is 41.2. The molecule has 1 aromatic carbocycles. The minimum absolute atomic E-state index is 0.0771. The molecule has 0 radical (unpaired) electrons. The molecule has 2 aliphatic rings. The molecule has 0 spiro atoms. The van der Waals surface area contributed by atoms with Gasteiger partial charge in [0.05, 0.1) is 47.4 Å². The van der Waals surface area contributed by atoms with Gasteiger partial charge in [-0.05, 0) is 31.4 Å². The van der Waals surface area contributed by atoms with Gasteiger partial charge in [0.1, 0.15) is 12.2 Å². The van der Waals surface area contributed by atoms with Crippen molar-refractivity contribution in [1.82, 2.24) is 24.9 Å². The first kappa shape index (κ1) is 28.4. The van der Waals surface area contributed by atoms with Crippen molar-refractivity contribution in [2.75, 3.05) is 35.7 Å². The number of nitrogens with zero attached hydrogens (tertiary/aromatic N) is 7. The Kier molecular flexibility index (Phi) is 7.86. The molecule has 5 rings (SSSR count). The zero-order chi connectivity index (χ0) is 29.3. The SMILES string of the molecule is COC(=O)N[C@@H]1CCN(c2cc(C#N)cc(Nc3nc(NC4CC4)c4ncc(C#N)n4n3)c2Cl)C[C@H]1OP(=O)(O)O. The van der Waals surface area contributed by atoms with Crippen molar-refractivity contribution >= 4 is 54.3 Å². The normalized spacial score (nSPS) is 18.8. The number of hydrogen-bond acceptors (Lipinski definition) is 12. The van der Waals surface area contributed by atoms with E-state index in [2.05, 4.69) is 41.8 Å². The van der Waals surface area contributed by atoms with Crippen molar-refractivity contribution in [3.05, 3.63) is 34.6 Å². The third kappa shape index (κ3) is 6.43. The summed E-state index contributed by atoms with van der Waals surface area (Å²) < 4.78 is 22.6. The summed E-state index contributed by atoms with van der Waals surface area (Å²) >= 11 is 6.79. The molecular weight excluding hydrogens is 579 g/mol. The number of hydrogen-bond donors (Lipinski definition) is 5. The van der Waals surface area contributed by atoms with Crippen LogP contribution in [0.5, 0.6) is 0 Å². The molecule has 3 aromatic rings. The number of methoxy groups -OCH3 is 1. The van der Waals surface area contributed by atoms with Gasteiger partial charge in [-0.2, -0.15) is 20.0 Å². The highest BCUT2D eigenvalue weighted by Crippen LogP contribution is 2.42. The van der Waals surface area contributed by atoms with E-state index >= 15 is 0 Å². The number of nitriles is 2. The summed E-state index contributed by atoms with van der Waals surface area (Å²) in [6, 6.07) is 6.62. The van der Waals surface area contributed by atoms with Gasteiger partial charge < -0.3 is 35.4 Å². The molecule has 2 fully saturated rings. The third-order valence-electron chi connectivity index (χ3n) is 6.49. The van der Waals surface area contributed by atoms with Crippen LogP contribution in [-0.2, 0) is 13.8 Å². The second kappa shape index (κ2) is 11.4.